The van der Waals surface area contributed by atoms with Gasteiger partial charge in [-0.2, -0.15) is 4.98 Å². The molecule has 120 valence electrons. The molecule has 0 bridgehead atoms. The van der Waals surface area contributed by atoms with E-state index in [1.807, 2.05) is 29.6 Å². The molecule has 1 N–H and O–H groups in total. The first-order chi connectivity index (χ1) is 11.1. The summed E-state index contributed by atoms with van der Waals surface area (Å²) < 4.78 is 10.5. The van der Waals surface area contributed by atoms with Gasteiger partial charge in [0.1, 0.15) is 10.8 Å². The standard InChI is InChI=1S/C16H18N4O2S/c1-16(2,15-17-7-8-23-15)18-10-13-19-14(20-22-13)11-5-4-6-12(9-11)21-3/h4-9,18H,10H2,1-3H3. The van der Waals surface area contributed by atoms with Crippen LogP contribution in [0.15, 0.2) is 40.4 Å². The van der Waals surface area contributed by atoms with Gasteiger partial charge >= 0.3 is 0 Å². The number of methoxy groups -OCH3 is 1. The van der Waals surface area contributed by atoms with Gasteiger partial charge in [0.2, 0.25) is 11.7 Å². The van der Waals surface area contributed by atoms with Crippen molar-refractivity contribution in [2.24, 2.45) is 0 Å². The minimum Gasteiger partial charge on any atom is -0.497 e. The Balaban J connectivity index is 1.70. The summed E-state index contributed by atoms with van der Waals surface area (Å²) >= 11 is 1.62. The highest BCUT2D eigenvalue weighted by molar-refractivity contribution is 7.09. The van der Waals surface area contributed by atoms with Crippen LogP contribution in [-0.4, -0.2) is 22.2 Å². The van der Waals surface area contributed by atoms with Crippen LogP contribution in [0.2, 0.25) is 0 Å². The smallest absolute Gasteiger partial charge is 0.240 e. The average molecular weight is 330 g/mol. The lowest BCUT2D eigenvalue weighted by molar-refractivity contribution is 0.327. The Morgan fingerprint density at radius 2 is 2.22 bits per heavy atom. The van der Waals surface area contributed by atoms with Crippen LogP contribution >= 0.6 is 11.3 Å². The van der Waals surface area contributed by atoms with E-state index in [0.717, 1.165) is 16.3 Å². The third-order valence-electron chi connectivity index (χ3n) is 3.44. The van der Waals surface area contributed by atoms with Crippen LogP contribution in [0.1, 0.15) is 24.7 Å². The topological polar surface area (TPSA) is 73.1 Å². The Morgan fingerprint density at radius 3 is 2.96 bits per heavy atom. The molecule has 0 unspecified atom stereocenters. The number of thiazole rings is 1. The Hall–Kier alpha value is -2.25. The van der Waals surface area contributed by atoms with Crippen molar-refractivity contribution in [2.45, 2.75) is 25.9 Å². The quantitative estimate of drug-likeness (QED) is 0.748. The number of hydrogen-bond acceptors (Lipinski definition) is 7. The predicted octanol–water partition coefficient (Wildman–Crippen LogP) is 3.23. The third kappa shape index (κ3) is 3.57. The summed E-state index contributed by atoms with van der Waals surface area (Å²) in [6, 6.07) is 7.57. The molecule has 1 aromatic carbocycles. The number of nitrogens with one attached hydrogen (secondary N) is 1. The molecule has 7 heteroatoms. The fourth-order valence-electron chi connectivity index (χ4n) is 2.11. The van der Waals surface area contributed by atoms with E-state index in [2.05, 4.69) is 34.3 Å². The number of rotatable bonds is 6. The van der Waals surface area contributed by atoms with Crippen molar-refractivity contribution in [3.63, 3.8) is 0 Å². The van der Waals surface area contributed by atoms with Crippen LogP contribution in [0, 0.1) is 0 Å². The summed E-state index contributed by atoms with van der Waals surface area (Å²) in [5, 5.41) is 10.4. The molecule has 6 nitrogen and oxygen atoms in total. The van der Waals surface area contributed by atoms with E-state index in [4.69, 9.17) is 9.26 Å². The van der Waals surface area contributed by atoms with E-state index in [-0.39, 0.29) is 5.54 Å². The molecule has 0 spiro atoms. The monoisotopic (exact) mass is 330 g/mol. The van der Waals surface area contributed by atoms with Gasteiger partial charge in [0, 0.05) is 17.1 Å². The first kappa shape index (κ1) is 15.6. The number of benzene rings is 1. The molecule has 0 saturated heterocycles. The number of aromatic nitrogens is 3. The molecular formula is C16H18N4O2S. The Labute approximate surface area is 138 Å². The molecule has 0 amide bonds. The maximum Gasteiger partial charge on any atom is 0.240 e. The molecule has 3 aromatic rings. The summed E-state index contributed by atoms with van der Waals surface area (Å²) in [5.41, 5.74) is 0.609. The Bertz CT molecular complexity index is 768. The maximum absolute atomic E-state index is 5.32. The highest BCUT2D eigenvalue weighted by Gasteiger charge is 2.23. The molecule has 2 aromatic heterocycles. The first-order valence-electron chi connectivity index (χ1n) is 7.20. The second-order valence-electron chi connectivity index (χ2n) is 5.56. The van der Waals surface area contributed by atoms with Crippen molar-refractivity contribution in [3.8, 4) is 17.1 Å². The van der Waals surface area contributed by atoms with Gasteiger partial charge in [0.15, 0.2) is 0 Å². The van der Waals surface area contributed by atoms with Crippen LogP contribution in [0.3, 0.4) is 0 Å². The lowest BCUT2D eigenvalue weighted by Gasteiger charge is -2.22. The molecule has 0 atom stereocenters. The van der Waals surface area contributed by atoms with Crippen LogP contribution < -0.4 is 10.1 Å². The van der Waals surface area contributed by atoms with Crippen LogP contribution in [0.4, 0.5) is 0 Å². The Morgan fingerprint density at radius 1 is 1.35 bits per heavy atom. The zero-order valence-electron chi connectivity index (χ0n) is 13.2. The average Bonchev–Trinajstić information content (AvgIpc) is 3.25. The minimum absolute atomic E-state index is 0.251. The molecule has 23 heavy (non-hydrogen) atoms. The largest absolute Gasteiger partial charge is 0.497 e. The van der Waals surface area contributed by atoms with Crippen LogP contribution in [0.5, 0.6) is 5.75 Å². The van der Waals surface area contributed by atoms with Crippen molar-refractivity contribution in [2.75, 3.05) is 7.11 Å². The van der Waals surface area contributed by atoms with Gasteiger partial charge in [0.05, 0.1) is 19.2 Å². The molecule has 0 fully saturated rings. The van der Waals surface area contributed by atoms with Crippen LogP contribution in [0.25, 0.3) is 11.4 Å². The number of nitrogens with zero attached hydrogens (tertiary/aromatic N) is 3. The summed E-state index contributed by atoms with van der Waals surface area (Å²) in [4.78, 5) is 8.78. The Kier molecular flexibility index (Phi) is 4.40. The third-order valence-corrected chi connectivity index (χ3v) is 4.54. The van der Waals surface area contributed by atoms with Gasteiger partial charge in [-0.15, -0.1) is 11.3 Å². The molecule has 2 heterocycles. The first-order valence-corrected chi connectivity index (χ1v) is 8.08. The highest BCUT2D eigenvalue weighted by atomic mass is 32.1. The molecule has 0 radical (unpaired) electrons. The number of ether oxygens (including phenoxy) is 1. The minimum atomic E-state index is -0.251. The van der Waals surface area contributed by atoms with Crippen molar-refractivity contribution >= 4 is 11.3 Å². The highest BCUT2D eigenvalue weighted by Crippen LogP contribution is 2.23. The van der Waals surface area contributed by atoms with Gasteiger partial charge < -0.3 is 9.26 Å². The van der Waals surface area contributed by atoms with Crippen molar-refractivity contribution in [1.82, 2.24) is 20.4 Å². The second kappa shape index (κ2) is 6.47. The van der Waals surface area contributed by atoms with Gasteiger partial charge in [-0.05, 0) is 26.0 Å². The molecule has 0 aliphatic carbocycles. The van der Waals surface area contributed by atoms with E-state index in [9.17, 15) is 0 Å². The van der Waals surface area contributed by atoms with Gasteiger partial charge in [-0.1, -0.05) is 17.3 Å². The molecule has 0 saturated carbocycles. The zero-order chi connectivity index (χ0) is 16.3. The van der Waals surface area contributed by atoms with Gasteiger partial charge in [0.25, 0.3) is 0 Å². The van der Waals surface area contributed by atoms with Gasteiger partial charge in [-0.3, -0.25) is 5.32 Å². The normalized spacial score (nSPS) is 11.6. The van der Waals surface area contributed by atoms with E-state index in [1.165, 1.54) is 0 Å². The summed E-state index contributed by atoms with van der Waals surface area (Å²) in [7, 11) is 1.63. The molecule has 0 aliphatic rings. The zero-order valence-corrected chi connectivity index (χ0v) is 14.1. The summed E-state index contributed by atoms with van der Waals surface area (Å²) in [5.74, 6) is 1.84. The fourth-order valence-corrected chi connectivity index (χ4v) is 2.85. The van der Waals surface area contributed by atoms with Crippen molar-refractivity contribution in [3.05, 3.63) is 46.7 Å². The lowest BCUT2D eigenvalue weighted by atomic mass is 10.1. The van der Waals surface area contributed by atoms with E-state index < -0.39 is 0 Å². The fraction of sp³-hybridized carbons (Fsp3) is 0.312. The summed E-state index contributed by atoms with van der Waals surface area (Å²) in [6.45, 7) is 4.62. The molecule has 0 aliphatic heterocycles. The van der Waals surface area contributed by atoms with Crippen molar-refractivity contribution < 1.29 is 9.26 Å². The molecular weight excluding hydrogens is 312 g/mol. The SMILES string of the molecule is COc1cccc(-c2noc(CNC(C)(C)c3nccs3)n2)c1. The molecule has 3 rings (SSSR count). The van der Waals surface area contributed by atoms with Crippen molar-refractivity contribution in [1.29, 1.82) is 0 Å². The predicted molar refractivity (Wildman–Crippen MR) is 88.3 cm³/mol. The van der Waals surface area contributed by atoms with E-state index >= 15 is 0 Å². The number of hydrogen-bond donors (Lipinski definition) is 1. The maximum atomic E-state index is 5.32. The second-order valence-corrected chi connectivity index (χ2v) is 6.45. The van der Waals surface area contributed by atoms with E-state index in [1.54, 1.807) is 24.6 Å². The summed E-state index contributed by atoms with van der Waals surface area (Å²) in [6.07, 6.45) is 1.80. The lowest BCUT2D eigenvalue weighted by Crippen LogP contribution is -2.35. The van der Waals surface area contributed by atoms with Crippen LogP contribution in [-0.2, 0) is 12.1 Å². The van der Waals surface area contributed by atoms with Gasteiger partial charge in [-0.25, -0.2) is 4.98 Å². The van der Waals surface area contributed by atoms with E-state index in [0.29, 0.717) is 18.3 Å².